The molecule has 0 aliphatic heterocycles. The first-order valence-electron chi connectivity index (χ1n) is 13.9. The van der Waals surface area contributed by atoms with Crippen LogP contribution in [0.15, 0.2) is 60.7 Å². The molecule has 3 heteroatoms. The summed E-state index contributed by atoms with van der Waals surface area (Å²) in [6.07, 6.45) is 11.9. The van der Waals surface area contributed by atoms with Crippen LogP contribution < -0.4 is 0 Å². The van der Waals surface area contributed by atoms with E-state index in [-0.39, 0.29) is 23.8 Å². The van der Waals surface area contributed by atoms with Crippen molar-refractivity contribution in [2.75, 3.05) is 0 Å². The minimum absolute atomic E-state index is 0.0741. The maximum Gasteiger partial charge on any atom is 0.164 e. The Morgan fingerprint density at radius 3 is 1.81 bits per heavy atom. The number of allylic oxidation sites excluding steroid dienone is 2. The van der Waals surface area contributed by atoms with Crippen LogP contribution in [0, 0.1) is 11.8 Å². The van der Waals surface area contributed by atoms with Gasteiger partial charge in [-0.2, -0.15) is 0 Å². The highest BCUT2D eigenvalue weighted by Gasteiger charge is 2.25. The predicted octanol–water partition coefficient (Wildman–Crippen LogP) is 8.27. The predicted molar refractivity (Wildman–Crippen MR) is 148 cm³/mol. The van der Waals surface area contributed by atoms with Crippen molar-refractivity contribution >= 4 is 28.5 Å². The molecule has 1 aliphatic carbocycles. The van der Waals surface area contributed by atoms with E-state index in [1.165, 1.54) is 51.9 Å². The molecule has 1 aliphatic rings. The van der Waals surface area contributed by atoms with E-state index in [0.29, 0.717) is 36.3 Å². The second-order valence-corrected chi connectivity index (χ2v) is 10.3. The lowest BCUT2D eigenvalue weighted by molar-refractivity contribution is -0.120. The normalized spacial score (nSPS) is 18.4. The molecule has 0 N–H and O–H groups in total. The number of unbranched alkanes of at least 4 members (excludes halogenated alkanes) is 1. The van der Waals surface area contributed by atoms with Crippen LogP contribution in [0.4, 0.5) is 0 Å². The van der Waals surface area contributed by atoms with Gasteiger partial charge in [-0.3, -0.25) is 14.4 Å². The van der Waals surface area contributed by atoms with Crippen LogP contribution >= 0.6 is 0 Å². The molecule has 0 heterocycles. The fourth-order valence-corrected chi connectivity index (χ4v) is 5.73. The van der Waals surface area contributed by atoms with Gasteiger partial charge in [0.2, 0.25) is 0 Å². The van der Waals surface area contributed by atoms with E-state index in [9.17, 15) is 14.4 Å². The van der Waals surface area contributed by atoms with Crippen molar-refractivity contribution in [3.63, 3.8) is 0 Å². The molecule has 0 spiro atoms. The number of carbonyl (C=O) groups excluding carboxylic acids is 3. The zero-order chi connectivity index (χ0) is 25.8. The lowest BCUT2D eigenvalue weighted by atomic mass is 9.74. The van der Waals surface area contributed by atoms with Gasteiger partial charge in [0.1, 0.15) is 5.78 Å². The van der Waals surface area contributed by atoms with Crippen molar-refractivity contribution in [3.8, 4) is 0 Å². The first-order valence-corrected chi connectivity index (χ1v) is 13.9. The minimum Gasteiger partial charge on any atom is -0.300 e. The second kappa shape index (κ2) is 14.7. The molecular formula is C33H42O3. The monoisotopic (exact) mass is 486 g/mol. The Labute approximate surface area is 217 Å². The first kappa shape index (κ1) is 27.8. The quantitative estimate of drug-likeness (QED) is 0.199. The number of hydrogen-bond acceptors (Lipinski definition) is 3. The SMILES string of the molecule is CCCCC1CCCCC1CCC(=O)CCCC(=O)/C(=C(\C(C)=O)c1ccccc1)c1ccccc1. The molecule has 0 aromatic heterocycles. The van der Waals surface area contributed by atoms with Gasteiger partial charge in [0.25, 0.3) is 0 Å². The van der Waals surface area contributed by atoms with Gasteiger partial charge in [-0.15, -0.1) is 0 Å². The summed E-state index contributed by atoms with van der Waals surface area (Å²) in [5.41, 5.74) is 2.41. The average Bonchev–Trinajstić information content (AvgIpc) is 2.90. The lowest BCUT2D eigenvalue weighted by Crippen LogP contribution is -2.20. The molecule has 2 aromatic rings. The Balaban J connectivity index is 1.63. The second-order valence-electron chi connectivity index (χ2n) is 10.3. The molecule has 3 rings (SSSR count). The number of Topliss-reactive ketones (excluding diaryl/α,β-unsaturated/α-hetero) is 3. The lowest BCUT2D eigenvalue weighted by Gasteiger charge is -2.31. The minimum atomic E-state index is -0.130. The van der Waals surface area contributed by atoms with E-state index in [4.69, 9.17) is 0 Å². The standard InChI is InChI=1S/C33H42O3/c1-3-4-14-26-15-11-12-16-27(26)23-24-30(35)21-13-22-31(36)33(29-19-9-6-10-20-29)32(25(2)34)28-17-7-5-8-18-28/h5-10,17-20,26-27H,3-4,11-16,21-24H2,1-2H3/b33-32+. The van der Waals surface area contributed by atoms with Crippen molar-refractivity contribution in [2.45, 2.75) is 90.9 Å². The fourth-order valence-electron chi connectivity index (χ4n) is 5.73. The van der Waals surface area contributed by atoms with Crippen molar-refractivity contribution in [1.82, 2.24) is 0 Å². The van der Waals surface area contributed by atoms with E-state index in [1.54, 1.807) is 0 Å². The smallest absolute Gasteiger partial charge is 0.164 e. The zero-order valence-corrected chi connectivity index (χ0v) is 22.1. The summed E-state index contributed by atoms with van der Waals surface area (Å²) in [6.45, 7) is 3.77. The van der Waals surface area contributed by atoms with E-state index in [2.05, 4.69) is 6.92 Å². The Hall–Kier alpha value is -2.81. The molecule has 36 heavy (non-hydrogen) atoms. The fraction of sp³-hybridized carbons (Fsp3) is 0.485. The highest BCUT2D eigenvalue weighted by molar-refractivity contribution is 6.40. The molecule has 2 aromatic carbocycles. The van der Waals surface area contributed by atoms with Crippen molar-refractivity contribution in [1.29, 1.82) is 0 Å². The van der Waals surface area contributed by atoms with Crippen molar-refractivity contribution < 1.29 is 14.4 Å². The van der Waals surface area contributed by atoms with Crippen LogP contribution in [-0.4, -0.2) is 17.3 Å². The van der Waals surface area contributed by atoms with Gasteiger partial charge in [0.05, 0.1) is 0 Å². The van der Waals surface area contributed by atoms with E-state index < -0.39 is 0 Å². The molecule has 2 unspecified atom stereocenters. The molecule has 192 valence electrons. The number of benzene rings is 2. The van der Waals surface area contributed by atoms with Gasteiger partial charge < -0.3 is 0 Å². The van der Waals surface area contributed by atoms with Crippen LogP contribution in [0.25, 0.3) is 11.1 Å². The third kappa shape index (κ3) is 8.11. The Bertz CT molecular complexity index is 1020. The van der Waals surface area contributed by atoms with Gasteiger partial charge in [-0.1, -0.05) is 113 Å². The van der Waals surface area contributed by atoms with Gasteiger partial charge in [0.15, 0.2) is 11.6 Å². The van der Waals surface area contributed by atoms with Gasteiger partial charge >= 0.3 is 0 Å². The summed E-state index contributed by atoms with van der Waals surface area (Å²) in [5.74, 6) is 1.54. The summed E-state index contributed by atoms with van der Waals surface area (Å²) in [7, 11) is 0. The Morgan fingerprint density at radius 1 is 0.694 bits per heavy atom. The summed E-state index contributed by atoms with van der Waals surface area (Å²) < 4.78 is 0. The van der Waals surface area contributed by atoms with Crippen molar-refractivity contribution in [2.24, 2.45) is 11.8 Å². The van der Waals surface area contributed by atoms with Crippen LogP contribution in [-0.2, 0) is 14.4 Å². The van der Waals surface area contributed by atoms with Gasteiger partial charge in [-0.25, -0.2) is 0 Å². The summed E-state index contributed by atoms with van der Waals surface area (Å²) in [4.78, 5) is 38.9. The van der Waals surface area contributed by atoms with Crippen molar-refractivity contribution in [3.05, 3.63) is 71.8 Å². The highest BCUT2D eigenvalue weighted by Crippen LogP contribution is 2.36. The van der Waals surface area contributed by atoms with E-state index >= 15 is 0 Å². The summed E-state index contributed by atoms with van der Waals surface area (Å²) in [6, 6.07) is 18.8. The summed E-state index contributed by atoms with van der Waals surface area (Å²) >= 11 is 0. The average molecular weight is 487 g/mol. The molecule has 0 radical (unpaired) electrons. The number of hydrogen-bond donors (Lipinski definition) is 0. The molecule has 0 saturated heterocycles. The third-order valence-electron chi connectivity index (χ3n) is 7.65. The van der Waals surface area contributed by atoms with Crippen LogP contribution in [0.2, 0.25) is 0 Å². The molecule has 0 amide bonds. The highest BCUT2D eigenvalue weighted by atomic mass is 16.1. The first-order chi connectivity index (χ1) is 17.5. The molecule has 0 bridgehead atoms. The third-order valence-corrected chi connectivity index (χ3v) is 7.65. The molecule has 3 nitrogen and oxygen atoms in total. The van der Waals surface area contributed by atoms with E-state index in [0.717, 1.165) is 23.5 Å². The number of ketones is 3. The molecule has 2 atom stereocenters. The van der Waals surface area contributed by atoms with Gasteiger partial charge in [0, 0.05) is 30.4 Å². The maximum absolute atomic E-state index is 13.5. The summed E-state index contributed by atoms with van der Waals surface area (Å²) in [5, 5.41) is 0. The maximum atomic E-state index is 13.5. The van der Waals surface area contributed by atoms with Crippen LogP contribution in [0.5, 0.6) is 0 Å². The van der Waals surface area contributed by atoms with E-state index in [1.807, 2.05) is 60.7 Å². The molecule has 1 saturated carbocycles. The molecule has 1 fully saturated rings. The van der Waals surface area contributed by atoms with Gasteiger partial charge in [-0.05, 0) is 42.7 Å². The number of rotatable bonds is 14. The largest absolute Gasteiger partial charge is 0.300 e. The Kier molecular flexibility index (Phi) is 11.3. The Morgan fingerprint density at radius 2 is 1.25 bits per heavy atom. The molecular weight excluding hydrogens is 444 g/mol. The topological polar surface area (TPSA) is 51.2 Å². The zero-order valence-electron chi connectivity index (χ0n) is 22.1. The van der Waals surface area contributed by atoms with Crippen LogP contribution in [0.3, 0.4) is 0 Å². The number of carbonyl (C=O) groups is 3. The van der Waals surface area contributed by atoms with Crippen LogP contribution in [0.1, 0.15) is 102 Å².